The van der Waals surface area contributed by atoms with Gasteiger partial charge in [0.15, 0.2) is 5.75 Å². The first-order chi connectivity index (χ1) is 14.8. The first-order valence-corrected chi connectivity index (χ1v) is 9.58. The molecule has 160 valence electrons. The third-order valence-electron chi connectivity index (χ3n) is 5.14. The van der Waals surface area contributed by atoms with Crippen LogP contribution >= 0.6 is 0 Å². The van der Waals surface area contributed by atoms with Crippen molar-refractivity contribution < 1.29 is 24.2 Å². The number of fused-ring (bicyclic) bond motifs is 1. The monoisotopic (exact) mass is 426 g/mol. The van der Waals surface area contributed by atoms with E-state index in [9.17, 15) is 29.0 Å². The van der Waals surface area contributed by atoms with E-state index < -0.39 is 40.8 Å². The van der Waals surface area contributed by atoms with Crippen LogP contribution in [0.25, 0.3) is 11.0 Å². The molecule has 3 heterocycles. The Hall–Kier alpha value is -3.63. The van der Waals surface area contributed by atoms with E-state index in [-0.39, 0.29) is 16.9 Å². The van der Waals surface area contributed by atoms with Gasteiger partial charge in [-0.25, -0.2) is 4.39 Å². The highest BCUT2D eigenvalue weighted by Crippen LogP contribution is 2.24. The van der Waals surface area contributed by atoms with E-state index >= 15 is 0 Å². The first kappa shape index (κ1) is 20.6. The van der Waals surface area contributed by atoms with Gasteiger partial charge in [-0.1, -0.05) is 12.1 Å². The summed E-state index contributed by atoms with van der Waals surface area (Å²) in [6.45, 7) is 0.416. The molecule has 31 heavy (non-hydrogen) atoms. The lowest BCUT2D eigenvalue weighted by Crippen LogP contribution is -2.48. The zero-order valence-electron chi connectivity index (χ0n) is 16.2. The number of aromatic hydroxyl groups is 1. The van der Waals surface area contributed by atoms with Crippen molar-refractivity contribution in [1.82, 2.24) is 20.6 Å². The van der Waals surface area contributed by atoms with E-state index in [1.807, 2.05) is 5.32 Å². The number of hydrogen-bond donors (Lipinski definition) is 5. The maximum absolute atomic E-state index is 13.1. The van der Waals surface area contributed by atoms with Crippen molar-refractivity contribution >= 4 is 22.8 Å². The van der Waals surface area contributed by atoms with Gasteiger partial charge < -0.3 is 20.5 Å². The number of nitrogens with one attached hydrogen (secondary N) is 3. The van der Waals surface area contributed by atoms with E-state index in [2.05, 4.69) is 15.3 Å². The Morgan fingerprint density at radius 2 is 1.97 bits per heavy atom. The number of halogens is 1. The predicted molar refractivity (Wildman–Crippen MR) is 108 cm³/mol. The summed E-state index contributed by atoms with van der Waals surface area (Å²) in [6, 6.07) is 6.55. The molecule has 5 N–H and O–H groups in total. The molecule has 0 aliphatic carbocycles. The van der Waals surface area contributed by atoms with E-state index in [4.69, 9.17) is 0 Å². The third kappa shape index (κ3) is 4.16. The van der Waals surface area contributed by atoms with Crippen LogP contribution in [0.5, 0.6) is 5.75 Å². The highest BCUT2D eigenvalue weighted by atomic mass is 19.1. The quantitative estimate of drug-likeness (QED) is 0.378. The smallest absolute Gasteiger partial charge is 0.267 e. The number of aromatic nitrogens is 2. The van der Waals surface area contributed by atoms with Crippen LogP contribution in [0.3, 0.4) is 0 Å². The number of aromatic amines is 1. The second-order valence-electron chi connectivity index (χ2n) is 7.33. The van der Waals surface area contributed by atoms with Crippen molar-refractivity contribution in [2.75, 3.05) is 6.54 Å². The second kappa shape index (κ2) is 8.25. The highest BCUT2D eigenvalue weighted by Gasteiger charge is 2.33. The number of amides is 2. The number of hydrogen-bond acceptors (Lipinski definition) is 7. The molecule has 1 aliphatic rings. The molecule has 0 spiro atoms. The molecule has 0 bridgehead atoms. The molecule has 0 saturated carbocycles. The summed E-state index contributed by atoms with van der Waals surface area (Å²) in [5, 5.41) is 25.0. The fourth-order valence-corrected chi connectivity index (χ4v) is 3.56. The van der Waals surface area contributed by atoms with Gasteiger partial charge in [0.2, 0.25) is 5.91 Å². The van der Waals surface area contributed by atoms with Gasteiger partial charge in [-0.3, -0.25) is 24.7 Å². The normalized spacial score (nSPS) is 18.3. The number of benzene rings is 1. The van der Waals surface area contributed by atoms with E-state index in [1.54, 1.807) is 18.2 Å². The largest absolute Gasteiger partial charge is 0.505 e. The molecule has 10 heteroatoms. The first-order valence-electron chi connectivity index (χ1n) is 9.58. The minimum Gasteiger partial charge on any atom is -0.505 e. The van der Waals surface area contributed by atoms with Gasteiger partial charge in [0, 0.05) is 6.20 Å². The average molecular weight is 426 g/mol. The van der Waals surface area contributed by atoms with Crippen LogP contribution in [0.4, 0.5) is 4.39 Å². The lowest BCUT2D eigenvalue weighted by Gasteiger charge is -2.14. The standard InChI is InChI=1S/C21H19FN4O5/c22-12-3-1-10(2-4-12)7-11-8-13-16(24-9-11)18(28)15(19(29)25-13)20(30)26-21(31)17-14(27)5-6-23-17/h1-4,8-9,14,17,23,27H,5-7H2,(H2,25,28,29)(H,26,30,31)/t14?,17-/m0/s1. The number of aliphatic hydroxyl groups is 1. The maximum atomic E-state index is 13.1. The molecule has 1 saturated heterocycles. The SMILES string of the molecule is O=C(NC(=O)[C@H]1NCCC1O)c1c(O)c2ncc(Cc3ccc(F)cc3)cc2[nH]c1=O. The zero-order chi connectivity index (χ0) is 22.1. The van der Waals surface area contributed by atoms with E-state index in [0.29, 0.717) is 24.9 Å². The number of carbonyl (C=O) groups is 2. The molecule has 4 rings (SSSR count). The van der Waals surface area contributed by atoms with Crippen LogP contribution in [0.2, 0.25) is 0 Å². The summed E-state index contributed by atoms with van der Waals surface area (Å²) >= 11 is 0. The Morgan fingerprint density at radius 1 is 1.23 bits per heavy atom. The maximum Gasteiger partial charge on any atom is 0.267 e. The van der Waals surface area contributed by atoms with Crippen LogP contribution in [-0.4, -0.2) is 50.7 Å². The number of carbonyl (C=O) groups excluding carboxylic acids is 2. The Kier molecular flexibility index (Phi) is 5.49. The summed E-state index contributed by atoms with van der Waals surface area (Å²) in [5.74, 6) is -2.89. The van der Waals surface area contributed by atoms with Crippen LogP contribution in [0, 0.1) is 5.82 Å². The summed E-state index contributed by atoms with van der Waals surface area (Å²) in [7, 11) is 0. The molecule has 1 aliphatic heterocycles. The number of H-pyrrole nitrogens is 1. The number of aliphatic hydroxyl groups excluding tert-OH is 1. The van der Waals surface area contributed by atoms with Crippen molar-refractivity contribution in [2.24, 2.45) is 0 Å². The minimum absolute atomic E-state index is 0.0147. The molecule has 2 amide bonds. The molecule has 9 nitrogen and oxygen atoms in total. The van der Waals surface area contributed by atoms with E-state index in [1.165, 1.54) is 18.3 Å². The molecular formula is C21H19FN4O5. The van der Waals surface area contributed by atoms with Crippen molar-refractivity contribution in [3.63, 3.8) is 0 Å². The Balaban J connectivity index is 1.60. The zero-order valence-corrected chi connectivity index (χ0v) is 16.2. The predicted octanol–water partition coefficient (Wildman–Crippen LogP) is 0.338. The van der Waals surface area contributed by atoms with Crippen molar-refractivity contribution in [2.45, 2.75) is 25.0 Å². The van der Waals surface area contributed by atoms with Gasteiger partial charge in [-0.05, 0) is 48.7 Å². The molecule has 1 aromatic carbocycles. The van der Waals surface area contributed by atoms with Gasteiger partial charge in [-0.15, -0.1) is 0 Å². The third-order valence-corrected chi connectivity index (χ3v) is 5.14. The van der Waals surface area contributed by atoms with Gasteiger partial charge in [0.25, 0.3) is 11.5 Å². The Morgan fingerprint density at radius 3 is 2.65 bits per heavy atom. The van der Waals surface area contributed by atoms with Gasteiger partial charge in [0.05, 0.1) is 11.6 Å². The van der Waals surface area contributed by atoms with Crippen molar-refractivity contribution in [1.29, 1.82) is 0 Å². The molecule has 3 aromatic rings. The average Bonchev–Trinajstić information content (AvgIpc) is 3.15. The van der Waals surface area contributed by atoms with Crippen LogP contribution in [0.1, 0.15) is 27.9 Å². The van der Waals surface area contributed by atoms with Crippen molar-refractivity contribution in [3.05, 3.63) is 69.4 Å². The number of nitrogens with zero attached hydrogens (tertiary/aromatic N) is 1. The summed E-state index contributed by atoms with van der Waals surface area (Å²) in [6.07, 6.45) is 1.30. The van der Waals surface area contributed by atoms with E-state index in [0.717, 1.165) is 5.56 Å². The van der Waals surface area contributed by atoms with Crippen LogP contribution in [0.15, 0.2) is 41.3 Å². The molecule has 2 atom stereocenters. The van der Waals surface area contributed by atoms with Crippen LogP contribution < -0.4 is 16.2 Å². The molecule has 2 aromatic heterocycles. The second-order valence-corrected chi connectivity index (χ2v) is 7.33. The number of rotatable bonds is 4. The Labute approximate surface area is 174 Å². The fourth-order valence-electron chi connectivity index (χ4n) is 3.56. The molecule has 0 radical (unpaired) electrons. The van der Waals surface area contributed by atoms with Gasteiger partial charge in [-0.2, -0.15) is 0 Å². The van der Waals surface area contributed by atoms with Gasteiger partial charge in [0.1, 0.15) is 22.9 Å². The summed E-state index contributed by atoms with van der Waals surface area (Å²) in [5.41, 5.74) is 0.175. The highest BCUT2D eigenvalue weighted by molar-refractivity contribution is 6.09. The molecule has 1 fully saturated rings. The summed E-state index contributed by atoms with van der Waals surface area (Å²) in [4.78, 5) is 43.7. The number of pyridine rings is 2. The number of imide groups is 1. The molecular weight excluding hydrogens is 407 g/mol. The fraction of sp³-hybridized carbons (Fsp3) is 0.238. The molecule has 1 unspecified atom stereocenters. The topological polar surface area (TPSA) is 144 Å². The van der Waals surface area contributed by atoms with Crippen molar-refractivity contribution in [3.8, 4) is 5.75 Å². The van der Waals surface area contributed by atoms with Crippen LogP contribution in [-0.2, 0) is 11.2 Å². The summed E-state index contributed by atoms with van der Waals surface area (Å²) < 4.78 is 13.1. The Bertz CT molecular complexity index is 1220. The lowest BCUT2D eigenvalue weighted by atomic mass is 10.1. The lowest BCUT2D eigenvalue weighted by molar-refractivity contribution is -0.123. The minimum atomic E-state index is -1.09. The van der Waals surface area contributed by atoms with Gasteiger partial charge >= 0.3 is 0 Å².